The second kappa shape index (κ2) is 4.41. The Kier molecular flexibility index (Phi) is 3.23. The molecule has 1 aromatic rings. The first kappa shape index (κ1) is 10.2. The SMILES string of the molecule is Cc1ccc(NC(=O)/C=N/O)c(C)c1. The van der Waals surface area contributed by atoms with Crippen molar-refractivity contribution in [3.63, 3.8) is 0 Å². The quantitative estimate of drug-likeness (QED) is 0.425. The number of nitrogens with zero attached hydrogens (tertiary/aromatic N) is 1. The van der Waals surface area contributed by atoms with Gasteiger partial charge < -0.3 is 10.5 Å². The van der Waals surface area contributed by atoms with Crippen LogP contribution in [0, 0.1) is 13.8 Å². The summed E-state index contributed by atoms with van der Waals surface area (Å²) in [5, 5.41) is 13.4. The molecule has 4 nitrogen and oxygen atoms in total. The number of amides is 1. The van der Waals surface area contributed by atoms with Crippen LogP contribution >= 0.6 is 0 Å². The van der Waals surface area contributed by atoms with Gasteiger partial charge in [0.25, 0.3) is 5.91 Å². The summed E-state index contributed by atoms with van der Waals surface area (Å²) in [4.78, 5) is 11.0. The first-order valence-corrected chi connectivity index (χ1v) is 4.19. The van der Waals surface area contributed by atoms with Crippen LogP contribution in [0.2, 0.25) is 0 Å². The van der Waals surface area contributed by atoms with E-state index in [2.05, 4.69) is 10.5 Å². The molecule has 74 valence electrons. The lowest BCUT2D eigenvalue weighted by molar-refractivity contribution is -0.110. The van der Waals surface area contributed by atoms with E-state index < -0.39 is 5.91 Å². The van der Waals surface area contributed by atoms with Gasteiger partial charge in [-0.3, -0.25) is 4.79 Å². The van der Waals surface area contributed by atoms with Gasteiger partial charge in [0.05, 0.1) is 0 Å². The molecule has 0 aliphatic heterocycles. The molecule has 2 N–H and O–H groups in total. The molecule has 0 saturated carbocycles. The second-order valence-electron chi connectivity index (χ2n) is 3.05. The van der Waals surface area contributed by atoms with Gasteiger partial charge in [-0.15, -0.1) is 0 Å². The van der Waals surface area contributed by atoms with Crippen LogP contribution in [-0.4, -0.2) is 17.3 Å². The Bertz CT molecular complexity index is 372. The molecule has 0 atom stereocenters. The molecule has 0 fully saturated rings. The minimum Gasteiger partial charge on any atom is -0.411 e. The third-order valence-electron chi connectivity index (χ3n) is 1.81. The largest absolute Gasteiger partial charge is 0.411 e. The maximum atomic E-state index is 11.0. The lowest BCUT2D eigenvalue weighted by Crippen LogP contribution is -2.13. The van der Waals surface area contributed by atoms with Crippen LogP contribution in [0.25, 0.3) is 0 Å². The van der Waals surface area contributed by atoms with E-state index >= 15 is 0 Å². The van der Waals surface area contributed by atoms with Gasteiger partial charge in [0, 0.05) is 5.69 Å². The predicted octanol–water partition coefficient (Wildman–Crippen LogP) is 1.70. The Morgan fingerprint density at radius 3 is 2.79 bits per heavy atom. The summed E-state index contributed by atoms with van der Waals surface area (Å²) in [6.45, 7) is 3.88. The van der Waals surface area contributed by atoms with E-state index in [1.165, 1.54) is 0 Å². The molecule has 0 spiro atoms. The molecule has 1 aromatic carbocycles. The Morgan fingerprint density at radius 1 is 1.50 bits per heavy atom. The number of benzene rings is 1. The van der Waals surface area contributed by atoms with Crippen molar-refractivity contribution in [2.24, 2.45) is 5.16 Å². The van der Waals surface area contributed by atoms with Crippen molar-refractivity contribution in [3.8, 4) is 0 Å². The second-order valence-corrected chi connectivity index (χ2v) is 3.05. The van der Waals surface area contributed by atoms with Crippen LogP contribution in [0.5, 0.6) is 0 Å². The fourth-order valence-electron chi connectivity index (χ4n) is 1.17. The van der Waals surface area contributed by atoms with Crippen molar-refractivity contribution in [2.75, 3.05) is 5.32 Å². The Hall–Kier alpha value is -1.84. The number of anilines is 1. The highest BCUT2D eigenvalue weighted by atomic mass is 16.4. The Morgan fingerprint density at radius 2 is 2.21 bits per heavy atom. The fourth-order valence-corrected chi connectivity index (χ4v) is 1.17. The molecule has 1 rings (SSSR count). The van der Waals surface area contributed by atoms with E-state index in [-0.39, 0.29) is 0 Å². The van der Waals surface area contributed by atoms with Crippen molar-refractivity contribution in [1.29, 1.82) is 0 Å². The molecule has 0 radical (unpaired) electrons. The van der Waals surface area contributed by atoms with E-state index in [9.17, 15) is 4.79 Å². The van der Waals surface area contributed by atoms with Gasteiger partial charge in [-0.2, -0.15) is 0 Å². The molecule has 0 bridgehead atoms. The topological polar surface area (TPSA) is 61.7 Å². The Labute approximate surface area is 82.2 Å². The van der Waals surface area contributed by atoms with Crippen molar-refractivity contribution >= 4 is 17.8 Å². The van der Waals surface area contributed by atoms with Crippen molar-refractivity contribution in [1.82, 2.24) is 0 Å². The van der Waals surface area contributed by atoms with Gasteiger partial charge >= 0.3 is 0 Å². The van der Waals surface area contributed by atoms with Crippen LogP contribution in [-0.2, 0) is 4.79 Å². The molecule has 0 aliphatic carbocycles. The first-order valence-electron chi connectivity index (χ1n) is 4.19. The third-order valence-corrected chi connectivity index (χ3v) is 1.81. The normalized spacial score (nSPS) is 10.4. The van der Waals surface area contributed by atoms with Crippen LogP contribution in [0.4, 0.5) is 5.69 Å². The number of carbonyl (C=O) groups excluding carboxylic acids is 1. The van der Waals surface area contributed by atoms with E-state index in [1.54, 1.807) is 0 Å². The third kappa shape index (κ3) is 2.58. The predicted molar refractivity (Wildman–Crippen MR) is 54.8 cm³/mol. The fraction of sp³-hybridized carbons (Fsp3) is 0.200. The van der Waals surface area contributed by atoms with Crippen LogP contribution in [0.3, 0.4) is 0 Å². The summed E-state index contributed by atoms with van der Waals surface area (Å²) in [5.74, 6) is -0.445. The average molecular weight is 192 g/mol. The maximum Gasteiger partial charge on any atom is 0.270 e. The molecule has 4 heteroatoms. The summed E-state index contributed by atoms with van der Waals surface area (Å²) in [5.41, 5.74) is 2.83. The molecular weight excluding hydrogens is 180 g/mol. The minimum absolute atomic E-state index is 0.445. The van der Waals surface area contributed by atoms with Gasteiger partial charge in [-0.25, -0.2) is 0 Å². The standard InChI is InChI=1S/C10H12N2O2/c1-7-3-4-9(8(2)5-7)12-10(13)6-11-14/h3-6,14H,1-2H3,(H,12,13)/b11-6+. The van der Waals surface area contributed by atoms with E-state index in [1.807, 2.05) is 32.0 Å². The van der Waals surface area contributed by atoms with Gasteiger partial charge in [-0.1, -0.05) is 22.9 Å². The van der Waals surface area contributed by atoms with E-state index in [0.29, 0.717) is 0 Å². The molecule has 0 unspecified atom stereocenters. The number of oxime groups is 1. The summed E-state index contributed by atoms with van der Waals surface area (Å²) in [7, 11) is 0. The highest BCUT2D eigenvalue weighted by molar-refractivity contribution is 6.31. The zero-order valence-corrected chi connectivity index (χ0v) is 8.11. The highest BCUT2D eigenvalue weighted by Crippen LogP contribution is 2.15. The highest BCUT2D eigenvalue weighted by Gasteiger charge is 2.01. The van der Waals surface area contributed by atoms with Crippen molar-refractivity contribution < 1.29 is 10.0 Å². The molecule has 1 amide bonds. The van der Waals surface area contributed by atoms with Crippen molar-refractivity contribution in [3.05, 3.63) is 29.3 Å². The van der Waals surface area contributed by atoms with Gasteiger partial charge in [-0.05, 0) is 25.5 Å². The Balaban J connectivity index is 2.82. The number of carbonyl (C=O) groups is 1. The van der Waals surface area contributed by atoms with E-state index in [0.717, 1.165) is 23.0 Å². The summed E-state index contributed by atoms with van der Waals surface area (Å²) < 4.78 is 0. The molecule has 0 saturated heterocycles. The molecule has 0 aliphatic rings. The number of hydrogen-bond acceptors (Lipinski definition) is 3. The van der Waals surface area contributed by atoms with Crippen LogP contribution < -0.4 is 5.32 Å². The number of nitrogens with one attached hydrogen (secondary N) is 1. The zero-order valence-electron chi connectivity index (χ0n) is 8.11. The van der Waals surface area contributed by atoms with Gasteiger partial charge in [0.1, 0.15) is 6.21 Å². The number of rotatable bonds is 2. The molecule has 14 heavy (non-hydrogen) atoms. The number of hydrogen-bond donors (Lipinski definition) is 2. The first-order chi connectivity index (χ1) is 6.63. The lowest BCUT2D eigenvalue weighted by Gasteiger charge is -2.06. The van der Waals surface area contributed by atoms with Gasteiger partial charge in [0.15, 0.2) is 0 Å². The minimum atomic E-state index is -0.445. The zero-order chi connectivity index (χ0) is 10.6. The van der Waals surface area contributed by atoms with E-state index in [4.69, 9.17) is 5.21 Å². The summed E-state index contributed by atoms with van der Waals surface area (Å²) in [6, 6.07) is 5.68. The monoisotopic (exact) mass is 192 g/mol. The smallest absolute Gasteiger partial charge is 0.270 e. The molecular formula is C10H12N2O2. The molecule has 0 heterocycles. The van der Waals surface area contributed by atoms with Crippen LogP contribution in [0.1, 0.15) is 11.1 Å². The van der Waals surface area contributed by atoms with Crippen molar-refractivity contribution in [2.45, 2.75) is 13.8 Å². The maximum absolute atomic E-state index is 11.0. The average Bonchev–Trinajstić information content (AvgIpc) is 2.10. The van der Waals surface area contributed by atoms with Crippen LogP contribution in [0.15, 0.2) is 23.4 Å². The summed E-state index contributed by atoms with van der Waals surface area (Å²) >= 11 is 0. The summed E-state index contributed by atoms with van der Waals surface area (Å²) in [6.07, 6.45) is 0.819. The van der Waals surface area contributed by atoms with Gasteiger partial charge in [0.2, 0.25) is 0 Å². The lowest BCUT2D eigenvalue weighted by atomic mass is 10.1. The number of aryl methyl sites for hydroxylation is 2. The molecule has 0 aromatic heterocycles.